The van der Waals surface area contributed by atoms with Crippen molar-refractivity contribution in [3.8, 4) is 0 Å². The van der Waals surface area contributed by atoms with Gasteiger partial charge in [-0.3, -0.25) is 4.79 Å². The zero-order chi connectivity index (χ0) is 10.8. The van der Waals surface area contributed by atoms with Crippen molar-refractivity contribution >= 4 is 5.97 Å². The Kier molecular flexibility index (Phi) is 8.57. The fraction of sp³-hybridized carbons (Fsp3) is 0.900. The molecule has 0 aliphatic carbocycles. The molecule has 0 N–H and O–H groups in total. The highest BCUT2D eigenvalue weighted by molar-refractivity contribution is 5.69. The van der Waals surface area contributed by atoms with Crippen LogP contribution in [-0.4, -0.2) is 38.5 Å². The second-order valence-corrected chi connectivity index (χ2v) is 2.93. The predicted octanol–water partition coefficient (Wildman–Crippen LogP) is 1.38. The molecule has 0 rings (SSSR count). The lowest BCUT2D eigenvalue weighted by Gasteiger charge is -2.12. The minimum Gasteiger partial charge on any atom is -0.460 e. The van der Waals surface area contributed by atoms with Gasteiger partial charge in [0.2, 0.25) is 0 Å². The van der Waals surface area contributed by atoms with E-state index in [9.17, 15) is 4.79 Å². The molecule has 4 heteroatoms. The summed E-state index contributed by atoms with van der Waals surface area (Å²) in [5, 5.41) is 0. The predicted molar refractivity (Wildman–Crippen MR) is 53.2 cm³/mol. The normalized spacial score (nSPS) is 12.5. The first-order chi connectivity index (χ1) is 6.70. The van der Waals surface area contributed by atoms with Crippen molar-refractivity contribution in [2.75, 3.05) is 26.4 Å². The Balaban J connectivity index is 3.26. The van der Waals surface area contributed by atoms with Crippen LogP contribution in [0.25, 0.3) is 0 Å². The van der Waals surface area contributed by atoms with E-state index in [1.54, 1.807) is 6.92 Å². The lowest BCUT2D eigenvalue weighted by Crippen LogP contribution is -2.21. The lowest BCUT2D eigenvalue weighted by atomic mass is 10.4. The summed E-state index contributed by atoms with van der Waals surface area (Å²) in [5.41, 5.74) is 0. The van der Waals surface area contributed by atoms with Gasteiger partial charge in [0.05, 0.1) is 19.8 Å². The molecule has 0 spiro atoms. The van der Waals surface area contributed by atoms with E-state index < -0.39 is 0 Å². The SMILES string of the molecule is CCOCCOCC(C)OC(=O)CC. The maximum absolute atomic E-state index is 10.9. The van der Waals surface area contributed by atoms with Crippen molar-refractivity contribution < 1.29 is 19.0 Å². The number of rotatable bonds is 8. The second kappa shape index (κ2) is 8.97. The quantitative estimate of drug-likeness (QED) is 0.442. The summed E-state index contributed by atoms with van der Waals surface area (Å²) in [6.45, 7) is 7.78. The monoisotopic (exact) mass is 204 g/mol. The van der Waals surface area contributed by atoms with Gasteiger partial charge in [-0.1, -0.05) is 6.92 Å². The summed E-state index contributed by atoms with van der Waals surface area (Å²) in [4.78, 5) is 10.9. The van der Waals surface area contributed by atoms with Crippen LogP contribution in [0.5, 0.6) is 0 Å². The lowest BCUT2D eigenvalue weighted by molar-refractivity contribution is -0.150. The van der Waals surface area contributed by atoms with E-state index >= 15 is 0 Å². The smallest absolute Gasteiger partial charge is 0.305 e. The van der Waals surface area contributed by atoms with Gasteiger partial charge < -0.3 is 14.2 Å². The molecule has 0 amide bonds. The number of carbonyl (C=O) groups is 1. The minimum absolute atomic E-state index is 0.177. The van der Waals surface area contributed by atoms with Gasteiger partial charge >= 0.3 is 5.97 Å². The molecule has 0 aromatic heterocycles. The van der Waals surface area contributed by atoms with Crippen molar-refractivity contribution in [3.05, 3.63) is 0 Å². The third kappa shape index (κ3) is 8.01. The van der Waals surface area contributed by atoms with Crippen LogP contribution in [-0.2, 0) is 19.0 Å². The van der Waals surface area contributed by atoms with Crippen molar-refractivity contribution in [1.82, 2.24) is 0 Å². The fourth-order valence-corrected chi connectivity index (χ4v) is 0.853. The molecular weight excluding hydrogens is 184 g/mol. The van der Waals surface area contributed by atoms with Gasteiger partial charge in [-0.25, -0.2) is 0 Å². The zero-order valence-electron chi connectivity index (χ0n) is 9.25. The number of hydrogen-bond acceptors (Lipinski definition) is 4. The Bertz CT molecular complexity index is 147. The van der Waals surface area contributed by atoms with Gasteiger partial charge in [-0.05, 0) is 13.8 Å². The molecular formula is C10H20O4. The molecule has 0 radical (unpaired) electrons. The van der Waals surface area contributed by atoms with Crippen LogP contribution >= 0.6 is 0 Å². The fourth-order valence-electron chi connectivity index (χ4n) is 0.853. The third-order valence-corrected chi connectivity index (χ3v) is 1.55. The molecule has 1 atom stereocenters. The molecule has 0 fully saturated rings. The van der Waals surface area contributed by atoms with Gasteiger partial charge in [0.25, 0.3) is 0 Å². The third-order valence-electron chi connectivity index (χ3n) is 1.55. The largest absolute Gasteiger partial charge is 0.460 e. The molecule has 84 valence electrons. The van der Waals surface area contributed by atoms with E-state index in [4.69, 9.17) is 14.2 Å². The maximum Gasteiger partial charge on any atom is 0.305 e. The molecule has 0 aromatic rings. The van der Waals surface area contributed by atoms with E-state index in [-0.39, 0.29) is 12.1 Å². The topological polar surface area (TPSA) is 44.8 Å². The van der Waals surface area contributed by atoms with Crippen molar-refractivity contribution in [3.63, 3.8) is 0 Å². The Morgan fingerprint density at radius 3 is 2.43 bits per heavy atom. The van der Waals surface area contributed by atoms with E-state index in [0.29, 0.717) is 32.8 Å². The molecule has 0 bridgehead atoms. The van der Waals surface area contributed by atoms with E-state index in [1.165, 1.54) is 0 Å². The van der Waals surface area contributed by atoms with Gasteiger partial charge in [0, 0.05) is 13.0 Å². The Hall–Kier alpha value is -0.610. The average molecular weight is 204 g/mol. The van der Waals surface area contributed by atoms with Crippen LogP contribution in [0.2, 0.25) is 0 Å². The number of esters is 1. The molecule has 4 nitrogen and oxygen atoms in total. The number of hydrogen-bond donors (Lipinski definition) is 0. The van der Waals surface area contributed by atoms with E-state index in [1.807, 2.05) is 13.8 Å². The Labute approximate surface area is 85.5 Å². The first-order valence-electron chi connectivity index (χ1n) is 5.05. The molecule has 14 heavy (non-hydrogen) atoms. The highest BCUT2D eigenvalue weighted by atomic mass is 16.6. The minimum atomic E-state index is -0.189. The molecule has 1 unspecified atom stereocenters. The summed E-state index contributed by atoms with van der Waals surface area (Å²) in [7, 11) is 0. The average Bonchev–Trinajstić information content (AvgIpc) is 2.17. The first kappa shape index (κ1) is 13.4. The summed E-state index contributed by atoms with van der Waals surface area (Å²) in [6, 6.07) is 0. The van der Waals surface area contributed by atoms with Crippen LogP contribution in [0.3, 0.4) is 0 Å². The zero-order valence-corrected chi connectivity index (χ0v) is 9.25. The molecule has 0 saturated carbocycles. The van der Waals surface area contributed by atoms with Crippen molar-refractivity contribution in [1.29, 1.82) is 0 Å². The van der Waals surface area contributed by atoms with Gasteiger partial charge in [-0.2, -0.15) is 0 Å². The van der Waals surface area contributed by atoms with Crippen molar-refractivity contribution in [2.45, 2.75) is 33.3 Å². The highest BCUT2D eigenvalue weighted by Crippen LogP contribution is 1.95. The first-order valence-corrected chi connectivity index (χ1v) is 5.05. The van der Waals surface area contributed by atoms with Crippen molar-refractivity contribution in [2.24, 2.45) is 0 Å². The number of carbonyl (C=O) groups excluding carboxylic acids is 1. The molecule has 0 aliphatic rings. The van der Waals surface area contributed by atoms with Crippen LogP contribution in [0, 0.1) is 0 Å². The van der Waals surface area contributed by atoms with Crippen LogP contribution in [0.1, 0.15) is 27.2 Å². The van der Waals surface area contributed by atoms with Gasteiger partial charge in [0.15, 0.2) is 0 Å². The Morgan fingerprint density at radius 2 is 1.86 bits per heavy atom. The number of ether oxygens (including phenoxy) is 3. The summed E-state index contributed by atoms with van der Waals surface area (Å²) >= 11 is 0. The van der Waals surface area contributed by atoms with E-state index in [0.717, 1.165) is 0 Å². The van der Waals surface area contributed by atoms with Gasteiger partial charge in [-0.15, -0.1) is 0 Å². The Morgan fingerprint density at radius 1 is 1.21 bits per heavy atom. The van der Waals surface area contributed by atoms with Crippen LogP contribution in [0.15, 0.2) is 0 Å². The highest BCUT2D eigenvalue weighted by Gasteiger charge is 2.06. The summed E-state index contributed by atoms with van der Waals surface area (Å²) in [6.07, 6.45) is 0.229. The van der Waals surface area contributed by atoms with E-state index in [2.05, 4.69) is 0 Å². The van der Waals surface area contributed by atoms with Crippen LogP contribution in [0.4, 0.5) is 0 Å². The molecule has 0 heterocycles. The maximum atomic E-state index is 10.9. The molecule has 0 saturated heterocycles. The summed E-state index contributed by atoms with van der Waals surface area (Å²) < 4.78 is 15.3. The second-order valence-electron chi connectivity index (χ2n) is 2.93. The van der Waals surface area contributed by atoms with Crippen LogP contribution < -0.4 is 0 Å². The molecule has 0 aromatic carbocycles. The summed E-state index contributed by atoms with van der Waals surface area (Å²) in [5.74, 6) is -0.189. The molecule has 0 aliphatic heterocycles. The standard InChI is InChI=1S/C10H20O4/c1-4-10(11)14-9(3)8-13-7-6-12-5-2/h9H,4-8H2,1-3H3. The van der Waals surface area contributed by atoms with Gasteiger partial charge in [0.1, 0.15) is 6.10 Å².